The van der Waals surface area contributed by atoms with Gasteiger partial charge in [-0.15, -0.1) is 0 Å². The maximum absolute atomic E-state index is 13.8. The summed E-state index contributed by atoms with van der Waals surface area (Å²) in [7, 11) is 0. The average molecular weight is 393 g/mol. The summed E-state index contributed by atoms with van der Waals surface area (Å²) in [5, 5.41) is 8.42. The number of hydrogen-bond donors (Lipinski definition) is 3. The monoisotopic (exact) mass is 393 g/mol. The molecule has 2 amide bonds. The molecule has 8 heteroatoms. The van der Waals surface area contributed by atoms with Gasteiger partial charge in [-0.25, -0.2) is 14.4 Å². The molecule has 3 aromatic rings. The van der Waals surface area contributed by atoms with Gasteiger partial charge in [0.15, 0.2) is 0 Å². The number of carbonyl (C=O) groups excluding carboxylic acids is 2. The number of aromatic nitrogens is 2. The van der Waals surface area contributed by atoms with Crippen molar-refractivity contribution >= 4 is 29.0 Å². The Kier molecular flexibility index (Phi) is 6.13. The van der Waals surface area contributed by atoms with Crippen molar-refractivity contribution in [3.8, 4) is 0 Å². The molecule has 29 heavy (non-hydrogen) atoms. The molecule has 0 unspecified atom stereocenters. The molecule has 0 saturated heterocycles. The second-order valence-electron chi connectivity index (χ2n) is 6.34. The third-order valence-electron chi connectivity index (χ3n) is 3.95. The molecule has 148 valence electrons. The molecule has 0 saturated carbocycles. The molecule has 0 aliphatic heterocycles. The Balaban J connectivity index is 1.69. The quantitative estimate of drug-likeness (QED) is 0.593. The van der Waals surface area contributed by atoms with Crippen molar-refractivity contribution in [2.75, 3.05) is 16.0 Å². The van der Waals surface area contributed by atoms with E-state index in [1.165, 1.54) is 19.1 Å². The van der Waals surface area contributed by atoms with Gasteiger partial charge in [-0.1, -0.05) is 18.2 Å². The lowest BCUT2D eigenvalue weighted by molar-refractivity contribution is -0.114. The zero-order valence-corrected chi connectivity index (χ0v) is 16.0. The molecule has 3 N–H and O–H groups in total. The average Bonchev–Trinajstić information content (AvgIpc) is 2.68. The fourth-order valence-corrected chi connectivity index (χ4v) is 2.64. The molecule has 1 aromatic heterocycles. The van der Waals surface area contributed by atoms with Crippen LogP contribution >= 0.6 is 0 Å². The lowest BCUT2D eigenvalue weighted by Crippen LogP contribution is -2.16. The van der Waals surface area contributed by atoms with E-state index in [1.54, 1.807) is 49.4 Å². The lowest BCUT2D eigenvalue weighted by Gasteiger charge is -2.10. The summed E-state index contributed by atoms with van der Waals surface area (Å²) in [4.78, 5) is 32.0. The summed E-state index contributed by atoms with van der Waals surface area (Å²) in [6, 6.07) is 14.7. The number of hydrogen-bond acceptors (Lipinski definition) is 5. The molecule has 0 aliphatic carbocycles. The number of nitrogens with zero attached hydrogens (tertiary/aromatic N) is 2. The second kappa shape index (κ2) is 8.92. The Morgan fingerprint density at radius 2 is 1.62 bits per heavy atom. The van der Waals surface area contributed by atoms with E-state index in [-0.39, 0.29) is 24.0 Å². The molecule has 0 spiro atoms. The molecule has 0 radical (unpaired) electrons. The third kappa shape index (κ3) is 5.58. The van der Waals surface area contributed by atoms with Gasteiger partial charge in [-0.3, -0.25) is 9.59 Å². The van der Waals surface area contributed by atoms with Crippen LogP contribution in [0.3, 0.4) is 0 Å². The van der Waals surface area contributed by atoms with Crippen molar-refractivity contribution in [2.45, 2.75) is 20.4 Å². The molecule has 3 rings (SSSR count). The number of carbonyl (C=O) groups is 2. The summed E-state index contributed by atoms with van der Waals surface area (Å²) < 4.78 is 13.8. The number of amides is 2. The molecule has 2 aromatic carbocycles. The van der Waals surface area contributed by atoms with Crippen molar-refractivity contribution < 1.29 is 14.0 Å². The molecule has 0 aliphatic rings. The summed E-state index contributed by atoms with van der Waals surface area (Å²) in [6.07, 6.45) is 0. The highest BCUT2D eigenvalue weighted by molar-refractivity contribution is 6.03. The minimum Gasteiger partial charge on any atom is -0.366 e. The van der Waals surface area contributed by atoms with Crippen molar-refractivity contribution in [1.29, 1.82) is 0 Å². The van der Waals surface area contributed by atoms with Crippen LogP contribution in [0.2, 0.25) is 0 Å². The summed E-state index contributed by atoms with van der Waals surface area (Å²) in [6.45, 7) is 3.33. The normalized spacial score (nSPS) is 10.3. The minimum absolute atomic E-state index is 0.173. The van der Waals surface area contributed by atoms with Gasteiger partial charge in [0.05, 0.1) is 0 Å². The maximum atomic E-state index is 13.8. The van der Waals surface area contributed by atoms with Crippen molar-refractivity contribution in [2.24, 2.45) is 0 Å². The molecule has 0 atom stereocenters. The Bertz CT molecular complexity index is 1040. The fourth-order valence-electron chi connectivity index (χ4n) is 2.64. The summed E-state index contributed by atoms with van der Waals surface area (Å²) in [5.41, 5.74) is 1.86. The van der Waals surface area contributed by atoms with Gasteiger partial charge in [-0.2, -0.15) is 0 Å². The van der Waals surface area contributed by atoms with Gasteiger partial charge in [0.1, 0.15) is 23.2 Å². The van der Waals surface area contributed by atoms with E-state index in [9.17, 15) is 14.0 Å². The van der Waals surface area contributed by atoms with Crippen molar-refractivity contribution in [1.82, 2.24) is 9.97 Å². The highest BCUT2D eigenvalue weighted by Gasteiger charge is 2.12. The van der Waals surface area contributed by atoms with E-state index in [0.29, 0.717) is 28.6 Å². The van der Waals surface area contributed by atoms with E-state index in [2.05, 4.69) is 25.9 Å². The van der Waals surface area contributed by atoms with Gasteiger partial charge in [0.25, 0.3) is 5.91 Å². The van der Waals surface area contributed by atoms with Gasteiger partial charge in [0.2, 0.25) is 5.91 Å². The van der Waals surface area contributed by atoms with Crippen molar-refractivity contribution in [3.05, 3.63) is 77.5 Å². The number of benzene rings is 2. The molecule has 1 heterocycles. The van der Waals surface area contributed by atoms with Gasteiger partial charge in [0, 0.05) is 36.5 Å². The SMILES string of the molecule is CC(=O)Nc1ccc(NC(=O)c2cc(NCc3ccccc3F)nc(C)n2)cc1. The van der Waals surface area contributed by atoms with Crippen molar-refractivity contribution in [3.63, 3.8) is 0 Å². The Morgan fingerprint density at radius 1 is 0.966 bits per heavy atom. The first-order chi connectivity index (χ1) is 13.9. The predicted octanol–water partition coefficient (Wildman–Crippen LogP) is 3.75. The van der Waals surface area contributed by atoms with Crippen LogP contribution in [0.4, 0.5) is 21.6 Å². The van der Waals surface area contributed by atoms with Crippen LogP contribution in [0, 0.1) is 12.7 Å². The first-order valence-corrected chi connectivity index (χ1v) is 8.92. The zero-order chi connectivity index (χ0) is 20.8. The highest BCUT2D eigenvalue weighted by Crippen LogP contribution is 2.16. The predicted molar refractivity (Wildman–Crippen MR) is 109 cm³/mol. The number of halogens is 1. The maximum Gasteiger partial charge on any atom is 0.274 e. The van der Waals surface area contributed by atoms with Gasteiger partial charge in [-0.05, 0) is 37.3 Å². The number of nitrogens with one attached hydrogen (secondary N) is 3. The van der Waals surface area contributed by atoms with E-state index < -0.39 is 5.91 Å². The number of anilines is 3. The van der Waals surface area contributed by atoms with Crippen LogP contribution in [-0.2, 0) is 11.3 Å². The van der Waals surface area contributed by atoms with E-state index in [0.717, 1.165) is 0 Å². The van der Waals surface area contributed by atoms with Gasteiger partial charge >= 0.3 is 0 Å². The number of aryl methyl sites for hydroxylation is 1. The Hall–Kier alpha value is -3.81. The van der Waals surface area contributed by atoms with Gasteiger partial charge < -0.3 is 16.0 Å². The smallest absolute Gasteiger partial charge is 0.274 e. The summed E-state index contributed by atoms with van der Waals surface area (Å²) >= 11 is 0. The Morgan fingerprint density at radius 3 is 2.28 bits per heavy atom. The fraction of sp³-hybridized carbons (Fsp3) is 0.143. The first-order valence-electron chi connectivity index (χ1n) is 8.92. The van der Waals surface area contributed by atoms with Crippen LogP contribution < -0.4 is 16.0 Å². The zero-order valence-electron chi connectivity index (χ0n) is 16.0. The minimum atomic E-state index is -0.406. The topological polar surface area (TPSA) is 96.0 Å². The second-order valence-corrected chi connectivity index (χ2v) is 6.34. The number of rotatable bonds is 6. The third-order valence-corrected chi connectivity index (χ3v) is 3.95. The summed E-state index contributed by atoms with van der Waals surface area (Å²) in [5.74, 6) is -0.0570. The standard InChI is InChI=1S/C21H20FN5O2/c1-13-24-19(11-20(25-13)23-12-15-5-3-4-6-18(15)22)21(29)27-17-9-7-16(8-10-17)26-14(2)28/h3-11H,12H2,1-2H3,(H,26,28)(H,27,29)(H,23,24,25). The highest BCUT2D eigenvalue weighted by atomic mass is 19.1. The van der Waals surface area contributed by atoms with Crippen LogP contribution in [0.1, 0.15) is 28.8 Å². The lowest BCUT2D eigenvalue weighted by atomic mass is 10.2. The van der Waals surface area contributed by atoms with E-state index in [1.807, 2.05) is 0 Å². The van der Waals surface area contributed by atoms with Crippen LogP contribution in [-0.4, -0.2) is 21.8 Å². The van der Waals surface area contributed by atoms with Crippen LogP contribution in [0.15, 0.2) is 54.6 Å². The molecule has 0 fully saturated rings. The van der Waals surface area contributed by atoms with Crippen LogP contribution in [0.25, 0.3) is 0 Å². The molecule has 0 bridgehead atoms. The molecular weight excluding hydrogens is 373 g/mol. The molecular formula is C21H20FN5O2. The first kappa shape index (κ1) is 19.9. The molecule has 7 nitrogen and oxygen atoms in total. The van der Waals surface area contributed by atoms with Crippen LogP contribution in [0.5, 0.6) is 0 Å². The largest absolute Gasteiger partial charge is 0.366 e. The van der Waals surface area contributed by atoms with E-state index in [4.69, 9.17) is 0 Å². The Labute approximate surface area is 167 Å². The van der Waals surface area contributed by atoms with E-state index >= 15 is 0 Å².